The molecule has 1 atom stereocenters. The molecule has 25 heavy (non-hydrogen) atoms. The largest absolute Gasteiger partial charge is 0.454 e. The SMILES string of the molecule is CCc1nc(C)c(CNC(=O)c2ccc(C(C)N3CCCCC3)o2)s1. The first-order valence-electron chi connectivity index (χ1n) is 9.15. The summed E-state index contributed by atoms with van der Waals surface area (Å²) in [6.45, 7) is 8.94. The molecule has 3 rings (SSSR count). The fourth-order valence-electron chi connectivity index (χ4n) is 3.24. The van der Waals surface area contributed by atoms with E-state index in [0.717, 1.165) is 40.8 Å². The van der Waals surface area contributed by atoms with Crippen molar-refractivity contribution < 1.29 is 9.21 Å². The van der Waals surface area contributed by atoms with Gasteiger partial charge in [0.2, 0.25) is 0 Å². The molecule has 5 nitrogen and oxygen atoms in total. The second kappa shape index (κ2) is 8.15. The second-order valence-electron chi connectivity index (χ2n) is 6.63. The second-order valence-corrected chi connectivity index (χ2v) is 7.80. The minimum atomic E-state index is -0.164. The van der Waals surface area contributed by atoms with Crippen LogP contribution in [0, 0.1) is 6.92 Å². The monoisotopic (exact) mass is 361 g/mol. The lowest BCUT2D eigenvalue weighted by Gasteiger charge is -2.31. The van der Waals surface area contributed by atoms with Crippen molar-refractivity contribution in [3.63, 3.8) is 0 Å². The van der Waals surface area contributed by atoms with E-state index in [0.29, 0.717) is 12.3 Å². The smallest absolute Gasteiger partial charge is 0.287 e. The third-order valence-electron chi connectivity index (χ3n) is 4.85. The topological polar surface area (TPSA) is 58.4 Å². The Labute approximate surface area is 153 Å². The van der Waals surface area contributed by atoms with Gasteiger partial charge in [0, 0.05) is 4.88 Å². The maximum atomic E-state index is 12.4. The van der Waals surface area contributed by atoms with Crippen LogP contribution in [0.3, 0.4) is 0 Å². The van der Waals surface area contributed by atoms with Crippen LogP contribution in [0.2, 0.25) is 0 Å². The van der Waals surface area contributed by atoms with Gasteiger partial charge in [-0.05, 0) is 58.3 Å². The third kappa shape index (κ3) is 4.30. The predicted molar refractivity (Wildman–Crippen MR) is 99.9 cm³/mol. The van der Waals surface area contributed by atoms with Gasteiger partial charge in [-0.2, -0.15) is 0 Å². The summed E-state index contributed by atoms with van der Waals surface area (Å²) in [6.07, 6.45) is 4.72. The number of nitrogens with zero attached hydrogens (tertiary/aromatic N) is 2. The molecule has 1 fully saturated rings. The molecule has 1 aliphatic rings. The zero-order valence-corrected chi connectivity index (χ0v) is 16.1. The van der Waals surface area contributed by atoms with Crippen molar-refractivity contribution in [1.29, 1.82) is 0 Å². The summed E-state index contributed by atoms with van der Waals surface area (Å²) in [5.41, 5.74) is 1.00. The zero-order chi connectivity index (χ0) is 17.8. The molecule has 1 amide bonds. The molecule has 1 unspecified atom stereocenters. The number of carbonyl (C=O) groups is 1. The van der Waals surface area contributed by atoms with Crippen molar-refractivity contribution in [3.05, 3.63) is 39.2 Å². The highest BCUT2D eigenvalue weighted by molar-refractivity contribution is 7.11. The number of likely N-dealkylation sites (tertiary alicyclic amines) is 1. The van der Waals surface area contributed by atoms with E-state index in [-0.39, 0.29) is 11.9 Å². The molecule has 3 heterocycles. The van der Waals surface area contributed by atoms with Crippen LogP contribution in [0.15, 0.2) is 16.5 Å². The lowest BCUT2D eigenvalue weighted by molar-refractivity contribution is 0.0914. The minimum absolute atomic E-state index is 0.164. The lowest BCUT2D eigenvalue weighted by atomic mass is 10.1. The molecule has 1 N–H and O–H groups in total. The van der Waals surface area contributed by atoms with Crippen molar-refractivity contribution >= 4 is 17.2 Å². The normalized spacial score (nSPS) is 16.8. The highest BCUT2D eigenvalue weighted by Crippen LogP contribution is 2.26. The summed E-state index contributed by atoms with van der Waals surface area (Å²) in [6, 6.07) is 3.93. The van der Waals surface area contributed by atoms with Crippen LogP contribution < -0.4 is 5.32 Å². The number of amides is 1. The molecule has 0 aliphatic carbocycles. The maximum Gasteiger partial charge on any atom is 0.287 e. The summed E-state index contributed by atoms with van der Waals surface area (Å²) in [7, 11) is 0. The van der Waals surface area contributed by atoms with E-state index < -0.39 is 0 Å². The Bertz CT molecular complexity index is 716. The average molecular weight is 362 g/mol. The van der Waals surface area contributed by atoms with Gasteiger partial charge in [-0.1, -0.05) is 13.3 Å². The Kier molecular flexibility index (Phi) is 5.91. The number of hydrogen-bond donors (Lipinski definition) is 1. The first-order valence-corrected chi connectivity index (χ1v) is 9.97. The highest BCUT2D eigenvalue weighted by atomic mass is 32.1. The first-order chi connectivity index (χ1) is 12.1. The number of aryl methyl sites for hydroxylation is 2. The number of nitrogens with one attached hydrogen (secondary N) is 1. The van der Waals surface area contributed by atoms with Crippen molar-refractivity contribution in [3.8, 4) is 0 Å². The molecule has 1 saturated heterocycles. The van der Waals surface area contributed by atoms with E-state index in [1.165, 1.54) is 19.3 Å². The Balaban J connectivity index is 1.59. The molecule has 0 spiro atoms. The first kappa shape index (κ1) is 18.1. The number of carbonyl (C=O) groups excluding carboxylic acids is 1. The summed E-state index contributed by atoms with van der Waals surface area (Å²) in [5.74, 6) is 1.09. The third-order valence-corrected chi connectivity index (χ3v) is 6.15. The van der Waals surface area contributed by atoms with Crippen molar-refractivity contribution in [2.45, 2.75) is 59.0 Å². The summed E-state index contributed by atoms with van der Waals surface area (Å²) < 4.78 is 5.84. The number of piperidine rings is 1. The van der Waals surface area contributed by atoms with Crippen molar-refractivity contribution in [2.24, 2.45) is 0 Å². The van der Waals surface area contributed by atoms with Gasteiger partial charge in [-0.25, -0.2) is 4.98 Å². The highest BCUT2D eigenvalue weighted by Gasteiger charge is 2.22. The number of furan rings is 1. The zero-order valence-electron chi connectivity index (χ0n) is 15.3. The molecule has 0 radical (unpaired) electrons. The van der Waals surface area contributed by atoms with E-state index in [1.807, 2.05) is 13.0 Å². The van der Waals surface area contributed by atoms with Gasteiger partial charge < -0.3 is 9.73 Å². The fourth-order valence-corrected chi connectivity index (χ4v) is 4.19. The summed E-state index contributed by atoms with van der Waals surface area (Å²) in [4.78, 5) is 20.4. The molecular formula is C19H27N3O2S. The minimum Gasteiger partial charge on any atom is -0.454 e. The van der Waals surface area contributed by atoms with Crippen LogP contribution >= 0.6 is 11.3 Å². The van der Waals surface area contributed by atoms with Crippen LogP contribution in [-0.4, -0.2) is 28.9 Å². The molecule has 6 heteroatoms. The van der Waals surface area contributed by atoms with E-state index >= 15 is 0 Å². The number of rotatable bonds is 6. The van der Waals surface area contributed by atoms with E-state index in [9.17, 15) is 4.79 Å². The van der Waals surface area contributed by atoms with Crippen molar-refractivity contribution in [2.75, 3.05) is 13.1 Å². The molecule has 0 saturated carbocycles. The van der Waals surface area contributed by atoms with Crippen molar-refractivity contribution in [1.82, 2.24) is 15.2 Å². The Hall–Kier alpha value is -1.66. The maximum absolute atomic E-state index is 12.4. The average Bonchev–Trinajstić information content (AvgIpc) is 3.26. The van der Waals surface area contributed by atoms with Crippen LogP contribution in [0.4, 0.5) is 0 Å². The van der Waals surface area contributed by atoms with Crippen LogP contribution in [0.5, 0.6) is 0 Å². The van der Waals surface area contributed by atoms with Gasteiger partial charge in [0.1, 0.15) is 5.76 Å². The van der Waals surface area contributed by atoms with Crippen LogP contribution in [0.1, 0.15) is 71.0 Å². The number of thiazole rings is 1. The van der Waals surface area contributed by atoms with Gasteiger partial charge in [-0.3, -0.25) is 9.69 Å². The molecule has 136 valence electrons. The van der Waals surface area contributed by atoms with E-state index in [2.05, 4.69) is 29.0 Å². The van der Waals surface area contributed by atoms with E-state index in [1.54, 1.807) is 17.4 Å². The lowest BCUT2D eigenvalue weighted by Crippen LogP contribution is -2.32. The number of aromatic nitrogens is 1. The summed E-state index contributed by atoms with van der Waals surface area (Å²) >= 11 is 1.66. The quantitative estimate of drug-likeness (QED) is 0.842. The Morgan fingerprint density at radius 1 is 1.36 bits per heavy atom. The van der Waals surface area contributed by atoms with Crippen LogP contribution in [0.25, 0.3) is 0 Å². The molecule has 0 aromatic carbocycles. The molecule has 2 aromatic heterocycles. The molecular weight excluding hydrogens is 334 g/mol. The van der Waals surface area contributed by atoms with Crippen LogP contribution in [-0.2, 0) is 13.0 Å². The number of hydrogen-bond acceptors (Lipinski definition) is 5. The Morgan fingerprint density at radius 2 is 2.12 bits per heavy atom. The van der Waals surface area contributed by atoms with Gasteiger partial charge in [0.05, 0.1) is 23.3 Å². The van der Waals surface area contributed by atoms with E-state index in [4.69, 9.17) is 4.42 Å². The fraction of sp³-hybridized carbons (Fsp3) is 0.579. The van der Waals surface area contributed by atoms with Gasteiger partial charge in [-0.15, -0.1) is 11.3 Å². The van der Waals surface area contributed by atoms with Gasteiger partial charge in [0.15, 0.2) is 5.76 Å². The summed E-state index contributed by atoms with van der Waals surface area (Å²) in [5, 5.41) is 4.06. The standard InChI is InChI=1S/C19H27N3O2S/c1-4-18-21-13(2)17(25-18)12-20-19(23)16-9-8-15(24-16)14(3)22-10-6-5-7-11-22/h8-9,14H,4-7,10-12H2,1-3H3,(H,20,23). The molecule has 2 aromatic rings. The van der Waals surface area contributed by atoms with Gasteiger partial charge in [0.25, 0.3) is 5.91 Å². The Morgan fingerprint density at radius 3 is 2.80 bits per heavy atom. The predicted octanol–water partition coefficient (Wildman–Crippen LogP) is 4.08. The molecule has 1 aliphatic heterocycles. The van der Waals surface area contributed by atoms with Gasteiger partial charge >= 0.3 is 0 Å². The molecule has 0 bridgehead atoms.